The second kappa shape index (κ2) is 4.24. The minimum absolute atomic E-state index is 0.0973. The first kappa shape index (κ1) is 10.7. The topological polar surface area (TPSA) is 37.3 Å². The lowest BCUT2D eigenvalue weighted by atomic mass is 9.99. The number of halogens is 1. The predicted molar refractivity (Wildman–Crippen MR) is 57.4 cm³/mol. The molecule has 1 unspecified atom stereocenters. The molecule has 0 fully saturated rings. The van der Waals surface area contributed by atoms with Gasteiger partial charge >= 0.3 is 5.97 Å². The molecular weight excluding hydrogens is 252 g/mol. The Morgan fingerprint density at radius 1 is 1.77 bits per heavy atom. The molecule has 0 aliphatic carbocycles. The van der Waals surface area contributed by atoms with Gasteiger partial charge in [-0.1, -0.05) is 6.92 Å². The van der Waals surface area contributed by atoms with Gasteiger partial charge in [-0.2, -0.15) is 0 Å². The molecule has 0 bridgehead atoms. The van der Waals surface area contributed by atoms with Gasteiger partial charge in [-0.25, -0.2) is 0 Å². The number of hydrogen-bond acceptors (Lipinski definition) is 2. The molecule has 72 valence electrons. The largest absolute Gasteiger partial charge is 0.481 e. The molecule has 0 aromatic carbocycles. The van der Waals surface area contributed by atoms with Crippen LogP contribution in [0.3, 0.4) is 0 Å². The van der Waals surface area contributed by atoms with Gasteiger partial charge in [0.05, 0.1) is 10.2 Å². The summed E-state index contributed by atoms with van der Waals surface area (Å²) in [6, 6.07) is 2.01. The molecule has 2 nitrogen and oxygen atoms in total. The van der Waals surface area contributed by atoms with Crippen molar-refractivity contribution in [3.05, 3.63) is 20.3 Å². The Morgan fingerprint density at radius 2 is 2.38 bits per heavy atom. The van der Waals surface area contributed by atoms with Crippen LogP contribution < -0.4 is 0 Å². The van der Waals surface area contributed by atoms with Crippen molar-refractivity contribution in [2.24, 2.45) is 0 Å². The van der Waals surface area contributed by atoms with E-state index in [1.807, 2.05) is 19.9 Å². The molecule has 0 saturated heterocycles. The van der Waals surface area contributed by atoms with E-state index in [2.05, 4.69) is 15.9 Å². The van der Waals surface area contributed by atoms with E-state index in [-0.39, 0.29) is 12.3 Å². The summed E-state index contributed by atoms with van der Waals surface area (Å²) in [4.78, 5) is 11.7. The third kappa shape index (κ3) is 2.81. The maximum absolute atomic E-state index is 10.5. The Balaban J connectivity index is 2.81. The molecular formula is C9H11BrO2S. The van der Waals surface area contributed by atoms with Crippen LogP contribution in [0.15, 0.2) is 9.85 Å². The second-order valence-electron chi connectivity index (χ2n) is 3.06. The fourth-order valence-electron chi connectivity index (χ4n) is 1.32. The SMILES string of the molecule is Cc1sc(Br)cc1C(C)CC(=O)O. The zero-order valence-electron chi connectivity index (χ0n) is 7.50. The molecule has 0 aliphatic heterocycles. The van der Waals surface area contributed by atoms with Crippen molar-refractivity contribution >= 4 is 33.2 Å². The van der Waals surface area contributed by atoms with Crippen LogP contribution >= 0.6 is 27.3 Å². The van der Waals surface area contributed by atoms with Gasteiger partial charge in [-0.15, -0.1) is 11.3 Å². The molecule has 0 radical (unpaired) electrons. The lowest BCUT2D eigenvalue weighted by Crippen LogP contribution is -2.02. The monoisotopic (exact) mass is 262 g/mol. The molecule has 0 aliphatic rings. The van der Waals surface area contributed by atoms with Crippen LogP contribution in [0.2, 0.25) is 0 Å². The zero-order valence-corrected chi connectivity index (χ0v) is 9.91. The predicted octanol–water partition coefficient (Wildman–Crippen LogP) is 3.40. The highest BCUT2D eigenvalue weighted by Crippen LogP contribution is 2.32. The van der Waals surface area contributed by atoms with E-state index in [4.69, 9.17) is 5.11 Å². The number of rotatable bonds is 3. The number of aliphatic carboxylic acids is 1. The maximum Gasteiger partial charge on any atom is 0.303 e. The summed E-state index contributed by atoms with van der Waals surface area (Å²) in [5, 5.41) is 8.63. The first-order valence-electron chi connectivity index (χ1n) is 3.98. The molecule has 0 saturated carbocycles. The Bertz CT molecular complexity index is 319. The highest BCUT2D eigenvalue weighted by Gasteiger charge is 2.14. The molecule has 0 amide bonds. The summed E-state index contributed by atoms with van der Waals surface area (Å²) in [7, 11) is 0. The summed E-state index contributed by atoms with van der Waals surface area (Å²) >= 11 is 5.04. The highest BCUT2D eigenvalue weighted by molar-refractivity contribution is 9.11. The van der Waals surface area contributed by atoms with Gasteiger partial charge in [0.1, 0.15) is 0 Å². The van der Waals surface area contributed by atoms with Crippen molar-refractivity contribution in [3.8, 4) is 0 Å². The molecule has 0 spiro atoms. The standard InChI is InChI=1S/C9H11BrO2S/c1-5(3-9(11)12)7-4-8(10)13-6(7)2/h4-5H,3H2,1-2H3,(H,11,12). The number of aryl methyl sites for hydroxylation is 1. The summed E-state index contributed by atoms with van der Waals surface area (Å²) in [5.74, 6) is -0.644. The summed E-state index contributed by atoms with van der Waals surface area (Å²) < 4.78 is 1.07. The van der Waals surface area contributed by atoms with Crippen molar-refractivity contribution in [3.63, 3.8) is 0 Å². The average Bonchev–Trinajstić information content (AvgIpc) is 2.28. The molecule has 4 heteroatoms. The lowest BCUT2D eigenvalue weighted by Gasteiger charge is -2.06. The first-order chi connectivity index (χ1) is 6.00. The maximum atomic E-state index is 10.5. The molecule has 1 aromatic heterocycles. The van der Waals surface area contributed by atoms with Gasteiger partial charge in [-0.3, -0.25) is 4.79 Å². The van der Waals surface area contributed by atoms with Gasteiger partial charge < -0.3 is 5.11 Å². The van der Waals surface area contributed by atoms with Crippen LogP contribution in [0.5, 0.6) is 0 Å². The van der Waals surface area contributed by atoms with Crippen molar-refractivity contribution in [1.29, 1.82) is 0 Å². The van der Waals surface area contributed by atoms with Gasteiger partial charge in [-0.05, 0) is 40.4 Å². The highest BCUT2D eigenvalue weighted by atomic mass is 79.9. The van der Waals surface area contributed by atoms with E-state index in [9.17, 15) is 4.79 Å². The third-order valence-corrected chi connectivity index (χ3v) is 3.51. The fraction of sp³-hybridized carbons (Fsp3) is 0.444. The van der Waals surface area contributed by atoms with E-state index in [1.165, 1.54) is 4.88 Å². The van der Waals surface area contributed by atoms with Crippen molar-refractivity contribution in [2.45, 2.75) is 26.2 Å². The lowest BCUT2D eigenvalue weighted by molar-refractivity contribution is -0.137. The molecule has 1 aromatic rings. The molecule has 1 N–H and O–H groups in total. The third-order valence-electron chi connectivity index (χ3n) is 1.94. The van der Waals surface area contributed by atoms with Gasteiger partial charge in [0.2, 0.25) is 0 Å². The number of hydrogen-bond donors (Lipinski definition) is 1. The average molecular weight is 263 g/mol. The Kier molecular flexibility index (Phi) is 3.50. The number of thiophene rings is 1. The summed E-state index contributed by atoms with van der Waals surface area (Å²) in [6.45, 7) is 3.96. The van der Waals surface area contributed by atoms with Gasteiger partial charge in [0.25, 0.3) is 0 Å². The van der Waals surface area contributed by atoms with Crippen molar-refractivity contribution in [1.82, 2.24) is 0 Å². The Hall–Kier alpha value is -0.350. The van der Waals surface area contributed by atoms with Crippen molar-refractivity contribution in [2.75, 3.05) is 0 Å². The van der Waals surface area contributed by atoms with Crippen LogP contribution in [0, 0.1) is 6.92 Å². The minimum Gasteiger partial charge on any atom is -0.481 e. The van der Waals surface area contributed by atoms with Crippen molar-refractivity contribution < 1.29 is 9.90 Å². The molecule has 1 rings (SSSR count). The smallest absolute Gasteiger partial charge is 0.303 e. The summed E-state index contributed by atoms with van der Waals surface area (Å²) in [5.41, 5.74) is 1.14. The molecule has 1 heterocycles. The van der Waals surface area contributed by atoms with Crippen LogP contribution in [-0.2, 0) is 4.79 Å². The first-order valence-corrected chi connectivity index (χ1v) is 5.59. The number of carbonyl (C=O) groups is 1. The summed E-state index contributed by atoms with van der Waals surface area (Å²) in [6.07, 6.45) is 0.198. The van der Waals surface area contributed by atoms with E-state index in [1.54, 1.807) is 11.3 Å². The normalized spacial score (nSPS) is 12.8. The van der Waals surface area contributed by atoms with E-state index in [0.29, 0.717) is 0 Å². The molecule has 13 heavy (non-hydrogen) atoms. The van der Waals surface area contributed by atoms with Gasteiger partial charge in [0, 0.05) is 4.88 Å². The van der Waals surface area contributed by atoms with E-state index in [0.717, 1.165) is 9.35 Å². The number of carboxylic acids is 1. The van der Waals surface area contributed by atoms with E-state index >= 15 is 0 Å². The Morgan fingerprint density at radius 3 is 2.77 bits per heavy atom. The number of carboxylic acid groups (broad SMARTS) is 1. The van der Waals surface area contributed by atoms with Crippen LogP contribution in [0.25, 0.3) is 0 Å². The minimum atomic E-state index is -0.741. The fourth-order valence-corrected chi connectivity index (χ4v) is 3.15. The quantitative estimate of drug-likeness (QED) is 0.907. The van der Waals surface area contributed by atoms with E-state index < -0.39 is 5.97 Å². The molecule has 1 atom stereocenters. The van der Waals surface area contributed by atoms with Crippen LogP contribution in [0.1, 0.15) is 29.7 Å². The second-order valence-corrected chi connectivity index (χ2v) is 5.70. The Labute approximate surface area is 89.7 Å². The van der Waals surface area contributed by atoms with Crippen LogP contribution in [-0.4, -0.2) is 11.1 Å². The zero-order chi connectivity index (χ0) is 10.0. The van der Waals surface area contributed by atoms with Crippen LogP contribution in [0.4, 0.5) is 0 Å². The van der Waals surface area contributed by atoms with Gasteiger partial charge in [0.15, 0.2) is 0 Å².